The molecule has 1 aliphatic rings. The van der Waals surface area contributed by atoms with Crippen LogP contribution in [0.1, 0.15) is 44.1 Å². The Balaban J connectivity index is 1.59. The Morgan fingerprint density at radius 2 is 1.87 bits per heavy atom. The number of thiazole rings is 1. The van der Waals surface area contributed by atoms with Gasteiger partial charge in [0, 0.05) is 17.7 Å². The van der Waals surface area contributed by atoms with E-state index in [2.05, 4.69) is 0 Å². The molecule has 228 valence electrons. The van der Waals surface area contributed by atoms with Crippen LogP contribution in [0.15, 0.2) is 98.3 Å². The number of nitro groups is 1. The second-order valence-electron chi connectivity index (χ2n) is 10.3. The highest BCUT2D eigenvalue weighted by Crippen LogP contribution is 2.41. The first kappa shape index (κ1) is 29.8. The van der Waals surface area contributed by atoms with Crippen LogP contribution in [-0.2, 0) is 9.53 Å². The van der Waals surface area contributed by atoms with Crippen LogP contribution in [0.25, 0.3) is 28.2 Å². The number of hydrogen-bond acceptors (Lipinski definition) is 9. The number of aromatic nitrogens is 1. The molecule has 6 rings (SSSR count). The maximum absolute atomic E-state index is 14.3. The lowest BCUT2D eigenvalue weighted by Crippen LogP contribution is -2.40. The summed E-state index contributed by atoms with van der Waals surface area (Å²) in [5.74, 6) is 0.618. The van der Waals surface area contributed by atoms with Gasteiger partial charge in [-0.1, -0.05) is 67.1 Å². The molecule has 2 aromatic heterocycles. The van der Waals surface area contributed by atoms with Crippen LogP contribution in [-0.4, -0.2) is 29.2 Å². The molecule has 11 heteroatoms. The van der Waals surface area contributed by atoms with E-state index < -0.39 is 16.9 Å². The average Bonchev–Trinajstić information content (AvgIpc) is 3.64. The number of benzene rings is 3. The smallest absolute Gasteiger partial charge is 0.338 e. The molecule has 10 nitrogen and oxygen atoms in total. The zero-order valence-electron chi connectivity index (χ0n) is 24.8. The minimum Gasteiger partial charge on any atom is -0.496 e. The SMILES string of the molecule is CCCC1=C(C(=O)OCC)C(c2c(OC)ccc3ccccc23)n2c(s/c(=C\c3ccc(-c4ccccc4[N+](=O)[O-])o3)c2=O)=N1. The van der Waals surface area contributed by atoms with Crippen molar-refractivity contribution in [2.45, 2.75) is 32.7 Å². The summed E-state index contributed by atoms with van der Waals surface area (Å²) in [5.41, 5.74) is 1.38. The zero-order chi connectivity index (χ0) is 31.7. The van der Waals surface area contributed by atoms with Gasteiger partial charge < -0.3 is 13.9 Å². The third kappa shape index (κ3) is 5.35. The Bertz CT molecular complexity index is 2170. The van der Waals surface area contributed by atoms with Crippen molar-refractivity contribution in [2.75, 3.05) is 13.7 Å². The van der Waals surface area contributed by atoms with Crippen LogP contribution in [0.4, 0.5) is 5.69 Å². The molecule has 0 fully saturated rings. The van der Waals surface area contributed by atoms with E-state index in [0.717, 1.165) is 17.2 Å². The fourth-order valence-corrected chi connectivity index (χ4v) is 6.68. The number of carbonyl (C=O) groups is 1. The predicted molar refractivity (Wildman–Crippen MR) is 171 cm³/mol. The number of rotatable bonds is 9. The highest BCUT2D eigenvalue weighted by Gasteiger charge is 2.37. The fourth-order valence-electron chi connectivity index (χ4n) is 5.68. The normalized spacial score (nSPS) is 14.7. The van der Waals surface area contributed by atoms with Gasteiger partial charge in [0.05, 0.1) is 40.0 Å². The van der Waals surface area contributed by atoms with Crippen molar-refractivity contribution in [3.63, 3.8) is 0 Å². The largest absolute Gasteiger partial charge is 0.496 e. The van der Waals surface area contributed by atoms with E-state index in [-0.39, 0.29) is 17.9 Å². The van der Waals surface area contributed by atoms with E-state index >= 15 is 0 Å². The molecule has 0 spiro atoms. The van der Waals surface area contributed by atoms with Gasteiger partial charge in [0.25, 0.3) is 11.2 Å². The Kier molecular flexibility index (Phi) is 8.18. The number of fused-ring (bicyclic) bond motifs is 2. The molecule has 1 aliphatic heterocycles. The first-order valence-electron chi connectivity index (χ1n) is 14.5. The molecular weight excluding hydrogens is 594 g/mol. The number of ether oxygens (including phenoxy) is 2. The number of nitro benzene ring substituents is 1. The minimum atomic E-state index is -0.871. The lowest BCUT2D eigenvalue weighted by molar-refractivity contribution is -0.384. The van der Waals surface area contributed by atoms with Gasteiger partial charge in [0.2, 0.25) is 0 Å². The number of furan rings is 1. The molecular formula is C34H29N3O7S. The molecule has 3 heterocycles. The Morgan fingerprint density at radius 3 is 2.62 bits per heavy atom. The van der Waals surface area contributed by atoms with E-state index in [1.165, 1.54) is 22.0 Å². The number of esters is 1. The first-order chi connectivity index (χ1) is 21.9. The second-order valence-corrected chi connectivity index (χ2v) is 11.3. The molecule has 0 saturated heterocycles. The van der Waals surface area contributed by atoms with Crippen molar-refractivity contribution in [3.05, 3.63) is 125 Å². The van der Waals surface area contributed by atoms with Gasteiger partial charge >= 0.3 is 5.97 Å². The molecule has 0 aliphatic carbocycles. The van der Waals surface area contributed by atoms with Crippen LogP contribution >= 0.6 is 11.3 Å². The topological polar surface area (TPSA) is 126 Å². The van der Waals surface area contributed by atoms with E-state index in [1.54, 1.807) is 50.4 Å². The fraction of sp³-hybridized carbons (Fsp3) is 0.206. The van der Waals surface area contributed by atoms with Crippen LogP contribution in [0.3, 0.4) is 0 Å². The molecule has 0 saturated carbocycles. The molecule has 0 bridgehead atoms. The third-order valence-corrected chi connectivity index (χ3v) is 8.57. The van der Waals surface area contributed by atoms with E-state index in [1.807, 2.05) is 43.3 Å². The second kappa shape index (κ2) is 12.4. The lowest BCUT2D eigenvalue weighted by Gasteiger charge is -2.28. The van der Waals surface area contributed by atoms with Crippen molar-refractivity contribution >= 4 is 39.8 Å². The summed E-state index contributed by atoms with van der Waals surface area (Å²) in [7, 11) is 1.56. The van der Waals surface area contributed by atoms with Gasteiger partial charge in [-0.25, -0.2) is 9.79 Å². The summed E-state index contributed by atoms with van der Waals surface area (Å²) in [6, 6.07) is 20.2. The Labute approximate surface area is 261 Å². The summed E-state index contributed by atoms with van der Waals surface area (Å²) in [4.78, 5) is 44.3. The maximum Gasteiger partial charge on any atom is 0.338 e. The summed E-state index contributed by atoms with van der Waals surface area (Å²) in [5, 5.41) is 13.3. The first-order valence-corrected chi connectivity index (χ1v) is 15.3. The van der Waals surface area contributed by atoms with Crippen molar-refractivity contribution in [1.29, 1.82) is 0 Å². The number of hydrogen-bond donors (Lipinski definition) is 0. The molecule has 5 aromatic rings. The van der Waals surface area contributed by atoms with Gasteiger partial charge in [-0.15, -0.1) is 0 Å². The molecule has 45 heavy (non-hydrogen) atoms. The monoisotopic (exact) mass is 623 g/mol. The van der Waals surface area contributed by atoms with E-state index in [9.17, 15) is 19.7 Å². The number of allylic oxidation sites excluding steroid dienone is 1. The van der Waals surface area contributed by atoms with Gasteiger partial charge in [-0.2, -0.15) is 0 Å². The molecule has 3 aromatic carbocycles. The lowest BCUT2D eigenvalue weighted by atomic mass is 9.90. The van der Waals surface area contributed by atoms with Crippen molar-refractivity contribution < 1.29 is 23.6 Å². The summed E-state index contributed by atoms with van der Waals surface area (Å²) in [6.45, 7) is 3.90. The third-order valence-electron chi connectivity index (χ3n) is 7.58. The van der Waals surface area contributed by atoms with Crippen LogP contribution < -0.4 is 19.6 Å². The number of methoxy groups -OCH3 is 1. The molecule has 0 amide bonds. The maximum atomic E-state index is 14.3. The minimum absolute atomic E-state index is 0.0863. The summed E-state index contributed by atoms with van der Waals surface area (Å²) >= 11 is 1.18. The van der Waals surface area contributed by atoms with E-state index in [0.29, 0.717) is 55.4 Å². The number of para-hydroxylation sites is 1. The van der Waals surface area contributed by atoms with Crippen LogP contribution in [0, 0.1) is 10.1 Å². The number of carbonyl (C=O) groups excluding carboxylic acids is 1. The van der Waals surface area contributed by atoms with Gasteiger partial charge in [0.1, 0.15) is 23.3 Å². The van der Waals surface area contributed by atoms with Gasteiger partial charge in [0.15, 0.2) is 4.80 Å². The molecule has 1 atom stereocenters. The van der Waals surface area contributed by atoms with Crippen molar-refractivity contribution in [2.24, 2.45) is 4.99 Å². The standard InChI is InChI=1S/C34H29N3O7S/c1-4-10-24-30(33(39)43-5-2)31(29-22-12-7-6-11-20(22)15-17-27(29)42-3)36-32(38)28(45-34(36)35-24)19-21-16-18-26(44-21)23-13-8-9-14-25(23)37(40)41/h6-9,11-19,31H,4-5,10H2,1-3H3/b28-19-. The van der Waals surface area contributed by atoms with Gasteiger partial charge in [-0.05, 0) is 48.4 Å². The molecule has 0 N–H and O–H groups in total. The van der Waals surface area contributed by atoms with Gasteiger partial charge in [-0.3, -0.25) is 19.5 Å². The Hall–Kier alpha value is -5.29. The quantitative estimate of drug-likeness (QED) is 0.114. The molecule has 1 unspecified atom stereocenters. The predicted octanol–water partition coefficient (Wildman–Crippen LogP) is 5.91. The van der Waals surface area contributed by atoms with Crippen LogP contribution in [0.2, 0.25) is 0 Å². The van der Waals surface area contributed by atoms with Crippen molar-refractivity contribution in [3.8, 4) is 17.1 Å². The Morgan fingerprint density at radius 1 is 1.09 bits per heavy atom. The summed E-state index contributed by atoms with van der Waals surface area (Å²) < 4.78 is 19.2. The van der Waals surface area contributed by atoms with E-state index in [4.69, 9.17) is 18.9 Å². The average molecular weight is 624 g/mol. The zero-order valence-corrected chi connectivity index (χ0v) is 25.6. The molecule has 0 radical (unpaired) electrons. The highest BCUT2D eigenvalue weighted by molar-refractivity contribution is 7.07. The summed E-state index contributed by atoms with van der Waals surface area (Å²) in [6.07, 6.45) is 2.81. The highest BCUT2D eigenvalue weighted by atomic mass is 32.1. The number of nitrogens with zero attached hydrogens (tertiary/aromatic N) is 3. The van der Waals surface area contributed by atoms with Crippen LogP contribution in [0.5, 0.6) is 5.75 Å². The van der Waals surface area contributed by atoms with Crippen molar-refractivity contribution in [1.82, 2.24) is 4.57 Å².